The smallest absolute Gasteiger partial charge is 0.152 e. The van der Waals surface area contributed by atoms with Crippen molar-refractivity contribution in [2.45, 2.75) is 51.8 Å². The molecule has 0 bridgehead atoms. The average Bonchev–Trinajstić information content (AvgIpc) is 3.33. The molecule has 0 saturated carbocycles. The Morgan fingerprint density at radius 3 is 2.84 bits per heavy atom. The third kappa shape index (κ3) is 4.49. The number of fused-ring (bicyclic) bond motifs is 1. The van der Waals surface area contributed by atoms with Gasteiger partial charge in [0.05, 0.1) is 39.9 Å². The van der Waals surface area contributed by atoms with Crippen molar-refractivity contribution in [1.29, 1.82) is 0 Å². The van der Waals surface area contributed by atoms with E-state index in [9.17, 15) is 0 Å². The van der Waals surface area contributed by atoms with E-state index in [1.807, 2.05) is 5.01 Å². The Balaban J connectivity index is 1.48. The maximum Gasteiger partial charge on any atom is 0.152 e. The minimum Gasteiger partial charge on any atom is -0.383 e. The second-order valence-corrected chi connectivity index (χ2v) is 10.4. The first-order valence-corrected chi connectivity index (χ1v) is 11.8. The molecule has 0 aromatic carbocycles. The first-order chi connectivity index (χ1) is 15.0. The van der Waals surface area contributed by atoms with Gasteiger partial charge in [0.15, 0.2) is 6.23 Å². The first kappa shape index (κ1) is 20.6. The van der Waals surface area contributed by atoms with Crippen LogP contribution in [0.15, 0.2) is 23.0 Å². The molecule has 3 aliphatic heterocycles. The molecule has 8 heteroatoms. The van der Waals surface area contributed by atoms with Gasteiger partial charge in [-0.25, -0.2) is 9.99 Å². The lowest BCUT2D eigenvalue weighted by atomic mass is 10.1. The number of thiophene rings is 1. The number of nitrogens with one attached hydrogen (secondary N) is 2. The summed E-state index contributed by atoms with van der Waals surface area (Å²) < 4.78 is 12.4. The molecule has 3 aliphatic rings. The van der Waals surface area contributed by atoms with E-state index in [1.165, 1.54) is 0 Å². The third-order valence-electron chi connectivity index (χ3n) is 5.49. The van der Waals surface area contributed by atoms with Crippen molar-refractivity contribution in [2.24, 2.45) is 11.0 Å². The van der Waals surface area contributed by atoms with Crippen LogP contribution in [-0.2, 0) is 9.47 Å². The zero-order valence-electron chi connectivity index (χ0n) is 18.3. The lowest BCUT2D eigenvalue weighted by Gasteiger charge is -2.30. The zero-order chi connectivity index (χ0) is 21.4. The second kappa shape index (κ2) is 8.30. The minimum absolute atomic E-state index is 0.0428. The van der Waals surface area contributed by atoms with Gasteiger partial charge in [0.1, 0.15) is 11.5 Å². The summed E-state index contributed by atoms with van der Waals surface area (Å²) >= 11 is 1.71. The summed E-state index contributed by atoms with van der Waals surface area (Å²) in [5.41, 5.74) is 6.11. The molecule has 1 atom stereocenters. The summed E-state index contributed by atoms with van der Waals surface area (Å²) in [6.45, 7) is 9.76. The molecule has 2 aromatic heterocycles. The van der Waals surface area contributed by atoms with E-state index in [2.05, 4.69) is 60.2 Å². The predicted octanol–water partition coefficient (Wildman–Crippen LogP) is 4.49. The molecule has 2 fully saturated rings. The number of anilines is 2. The van der Waals surface area contributed by atoms with E-state index in [1.54, 1.807) is 11.3 Å². The summed E-state index contributed by atoms with van der Waals surface area (Å²) in [5.74, 6) is 4.34. The van der Waals surface area contributed by atoms with E-state index >= 15 is 0 Å². The van der Waals surface area contributed by atoms with Crippen LogP contribution in [-0.4, -0.2) is 54.0 Å². The summed E-state index contributed by atoms with van der Waals surface area (Å²) in [5, 5.41) is 13.5. The van der Waals surface area contributed by atoms with Crippen molar-refractivity contribution in [3.63, 3.8) is 0 Å². The first-order valence-electron chi connectivity index (χ1n) is 11.0. The molecule has 5 rings (SSSR count). The Labute approximate surface area is 186 Å². The standard InChI is InChI=1S/C23H29N5O2S/c1-23(2,3)27-20-11-16(24-12-15-13-29-14-15)22-17(26-20)10-19(31-22)18-7-8-25-28(18)21-6-4-5-9-30-21/h10-11,15,21H,4-6,9,12-14H2,1-3H3,(H2,24,26,27). The van der Waals surface area contributed by atoms with E-state index < -0.39 is 0 Å². The number of hydrazone groups is 1. The number of nitrogens with zero attached hydrogens (tertiary/aromatic N) is 3. The van der Waals surface area contributed by atoms with Crippen LogP contribution < -0.4 is 10.6 Å². The Morgan fingerprint density at radius 1 is 1.26 bits per heavy atom. The largest absolute Gasteiger partial charge is 0.383 e. The van der Waals surface area contributed by atoms with Gasteiger partial charge >= 0.3 is 0 Å². The second-order valence-electron chi connectivity index (χ2n) is 9.39. The van der Waals surface area contributed by atoms with Gasteiger partial charge in [-0.15, -0.1) is 16.4 Å². The van der Waals surface area contributed by atoms with Crippen molar-refractivity contribution in [3.8, 4) is 0 Å². The van der Waals surface area contributed by atoms with Crippen LogP contribution >= 0.6 is 11.3 Å². The van der Waals surface area contributed by atoms with Crippen LogP contribution in [0.25, 0.3) is 15.9 Å². The Kier molecular flexibility index (Phi) is 5.51. The van der Waals surface area contributed by atoms with Gasteiger partial charge in [0.25, 0.3) is 0 Å². The quantitative estimate of drug-likeness (QED) is 0.647. The fourth-order valence-corrected chi connectivity index (χ4v) is 5.00. The minimum atomic E-state index is -0.0711. The van der Waals surface area contributed by atoms with E-state index in [0.29, 0.717) is 5.92 Å². The molecule has 0 amide bonds. The average molecular weight is 440 g/mol. The predicted molar refractivity (Wildman–Crippen MR) is 126 cm³/mol. The van der Waals surface area contributed by atoms with Crippen LogP contribution in [0.2, 0.25) is 0 Å². The van der Waals surface area contributed by atoms with Gasteiger partial charge in [-0.2, -0.15) is 0 Å². The number of pyridine rings is 1. The van der Waals surface area contributed by atoms with Crippen molar-refractivity contribution in [1.82, 2.24) is 9.99 Å². The van der Waals surface area contributed by atoms with Crippen LogP contribution in [0.3, 0.4) is 0 Å². The molecule has 0 aliphatic carbocycles. The molecule has 2 N–H and O–H groups in total. The monoisotopic (exact) mass is 439 g/mol. The van der Waals surface area contributed by atoms with Gasteiger partial charge < -0.3 is 20.1 Å². The SMILES string of the molecule is CC(C)(C)Nc1cc(NCC2COC2)c2sc(C3=C=C=NN3C3CCCCO3)cc2n1. The fourth-order valence-electron chi connectivity index (χ4n) is 3.91. The fraction of sp³-hybridized carbons (Fsp3) is 0.565. The molecular formula is C23H29N5O2S. The van der Waals surface area contributed by atoms with Crippen molar-refractivity contribution >= 4 is 44.6 Å². The molecule has 164 valence electrons. The van der Waals surface area contributed by atoms with Crippen molar-refractivity contribution in [2.75, 3.05) is 37.0 Å². The summed E-state index contributed by atoms with van der Waals surface area (Å²) in [6.07, 6.45) is 3.19. The molecule has 7 nitrogen and oxygen atoms in total. The van der Waals surface area contributed by atoms with E-state index in [0.717, 1.165) is 77.9 Å². The Bertz CT molecular complexity index is 1070. The van der Waals surface area contributed by atoms with Gasteiger partial charge in [0, 0.05) is 30.7 Å². The highest BCUT2D eigenvalue weighted by atomic mass is 32.1. The summed E-state index contributed by atoms with van der Waals surface area (Å²) in [4.78, 5) is 5.98. The van der Waals surface area contributed by atoms with Gasteiger partial charge in [-0.1, -0.05) is 0 Å². The highest BCUT2D eigenvalue weighted by Gasteiger charge is 2.28. The Hall–Kier alpha value is -2.34. The maximum atomic E-state index is 5.96. The van der Waals surface area contributed by atoms with Gasteiger partial charge in [-0.05, 0) is 51.8 Å². The highest BCUT2D eigenvalue weighted by Crippen LogP contribution is 2.39. The molecule has 2 saturated heterocycles. The molecule has 2 aromatic rings. The summed E-state index contributed by atoms with van der Waals surface area (Å²) in [6, 6.07) is 4.25. The van der Waals surface area contributed by atoms with Crippen LogP contribution in [0.4, 0.5) is 11.5 Å². The third-order valence-corrected chi connectivity index (χ3v) is 6.66. The number of hydrogen-bond donors (Lipinski definition) is 2. The highest BCUT2D eigenvalue weighted by molar-refractivity contribution is 7.20. The van der Waals surface area contributed by atoms with Crippen molar-refractivity contribution in [3.05, 3.63) is 22.7 Å². The molecule has 1 unspecified atom stereocenters. The maximum absolute atomic E-state index is 5.96. The normalized spacial score (nSPS) is 21.5. The lowest BCUT2D eigenvalue weighted by Crippen LogP contribution is -2.33. The molecule has 0 radical (unpaired) electrons. The number of rotatable bonds is 6. The van der Waals surface area contributed by atoms with Crippen LogP contribution in [0.5, 0.6) is 0 Å². The van der Waals surface area contributed by atoms with Crippen molar-refractivity contribution < 1.29 is 9.47 Å². The molecule has 31 heavy (non-hydrogen) atoms. The Morgan fingerprint density at radius 2 is 2.13 bits per heavy atom. The number of ether oxygens (including phenoxy) is 2. The van der Waals surface area contributed by atoms with E-state index in [4.69, 9.17) is 14.5 Å². The van der Waals surface area contributed by atoms with Gasteiger partial charge in [-0.3, -0.25) is 0 Å². The lowest BCUT2D eigenvalue weighted by molar-refractivity contribution is -0.0588. The molecule has 5 heterocycles. The topological polar surface area (TPSA) is 71.0 Å². The number of aromatic nitrogens is 1. The van der Waals surface area contributed by atoms with Gasteiger partial charge in [0.2, 0.25) is 0 Å². The van der Waals surface area contributed by atoms with Crippen LogP contribution in [0, 0.1) is 5.92 Å². The summed E-state index contributed by atoms with van der Waals surface area (Å²) in [7, 11) is 0. The number of hydrogen-bond acceptors (Lipinski definition) is 8. The van der Waals surface area contributed by atoms with E-state index in [-0.39, 0.29) is 11.8 Å². The zero-order valence-corrected chi connectivity index (χ0v) is 19.1. The van der Waals surface area contributed by atoms with Crippen LogP contribution in [0.1, 0.15) is 44.9 Å². The molecular weight excluding hydrogens is 410 g/mol. The molecule has 0 spiro atoms.